The van der Waals surface area contributed by atoms with Gasteiger partial charge in [0.05, 0.1) is 0 Å². The molecule has 0 aromatic heterocycles. The van der Waals surface area contributed by atoms with Crippen LogP contribution in [-0.2, 0) is 0 Å². The Morgan fingerprint density at radius 1 is 0.895 bits per heavy atom. The standard InChI is InChI=1S/C17H30N2/c1-18-11-12-2-4-19(5-3-12)17-15-7-13-6-14(9-15)10-16(17)8-13/h12-18H,2-11H2,1H3. The van der Waals surface area contributed by atoms with Crippen molar-refractivity contribution < 1.29 is 0 Å². The summed E-state index contributed by atoms with van der Waals surface area (Å²) in [5, 5.41) is 3.36. The van der Waals surface area contributed by atoms with E-state index in [1.165, 1.54) is 32.5 Å². The van der Waals surface area contributed by atoms with Crippen LogP contribution in [0.15, 0.2) is 0 Å². The second-order valence-electron chi connectivity index (χ2n) is 7.96. The van der Waals surface area contributed by atoms with Crippen molar-refractivity contribution in [3.63, 3.8) is 0 Å². The van der Waals surface area contributed by atoms with Crippen LogP contribution in [0.2, 0.25) is 0 Å². The van der Waals surface area contributed by atoms with E-state index >= 15 is 0 Å². The molecule has 1 N–H and O–H groups in total. The number of hydrogen-bond acceptors (Lipinski definition) is 2. The van der Waals surface area contributed by atoms with Gasteiger partial charge in [-0.15, -0.1) is 0 Å². The molecule has 5 rings (SSSR count). The first-order chi connectivity index (χ1) is 9.33. The Morgan fingerprint density at radius 3 is 2.00 bits per heavy atom. The van der Waals surface area contributed by atoms with Crippen molar-refractivity contribution in [3.8, 4) is 0 Å². The van der Waals surface area contributed by atoms with Gasteiger partial charge in [0.25, 0.3) is 0 Å². The molecule has 2 heteroatoms. The predicted octanol–water partition coefficient (Wildman–Crippen LogP) is 2.74. The molecule has 19 heavy (non-hydrogen) atoms. The molecule has 2 nitrogen and oxygen atoms in total. The lowest BCUT2D eigenvalue weighted by molar-refractivity contribution is -0.0734. The molecule has 0 radical (unpaired) electrons. The summed E-state index contributed by atoms with van der Waals surface area (Å²) in [6.45, 7) is 4.01. The van der Waals surface area contributed by atoms with Gasteiger partial charge in [-0.2, -0.15) is 0 Å². The first-order valence-corrected chi connectivity index (χ1v) is 8.72. The average molecular weight is 262 g/mol. The Balaban J connectivity index is 1.40. The van der Waals surface area contributed by atoms with E-state index in [0.717, 1.165) is 35.6 Å². The first-order valence-electron chi connectivity index (χ1n) is 8.72. The van der Waals surface area contributed by atoms with Crippen molar-refractivity contribution in [2.24, 2.45) is 29.6 Å². The largest absolute Gasteiger partial charge is 0.319 e. The summed E-state index contributed by atoms with van der Waals surface area (Å²) in [6, 6.07) is 0.989. The SMILES string of the molecule is CNCC1CCN(C2C3CC4CC(C3)CC2C4)CC1. The van der Waals surface area contributed by atoms with E-state index in [-0.39, 0.29) is 0 Å². The summed E-state index contributed by atoms with van der Waals surface area (Å²) in [5.74, 6) is 5.36. The Labute approximate surface area is 118 Å². The molecule has 4 aliphatic carbocycles. The first kappa shape index (κ1) is 12.6. The molecule has 4 saturated carbocycles. The van der Waals surface area contributed by atoms with E-state index in [1.807, 2.05) is 0 Å². The smallest absolute Gasteiger partial charge is 0.0152 e. The molecule has 5 fully saturated rings. The lowest BCUT2D eigenvalue weighted by Crippen LogP contribution is -2.57. The summed E-state index contributed by atoms with van der Waals surface area (Å²) >= 11 is 0. The normalized spacial score (nSPS) is 46.9. The Hall–Kier alpha value is -0.0800. The van der Waals surface area contributed by atoms with Gasteiger partial charge in [-0.05, 0) is 101 Å². The highest BCUT2D eigenvalue weighted by Crippen LogP contribution is 2.55. The number of piperidine rings is 1. The third kappa shape index (κ3) is 2.25. The summed E-state index contributed by atoms with van der Waals surface area (Å²) < 4.78 is 0. The van der Waals surface area contributed by atoms with Gasteiger partial charge in [-0.3, -0.25) is 4.90 Å². The van der Waals surface area contributed by atoms with Gasteiger partial charge < -0.3 is 5.32 Å². The second-order valence-corrected chi connectivity index (χ2v) is 7.96. The van der Waals surface area contributed by atoms with Crippen LogP contribution in [0.25, 0.3) is 0 Å². The molecule has 0 aromatic carbocycles. The van der Waals surface area contributed by atoms with Crippen LogP contribution in [0.4, 0.5) is 0 Å². The lowest BCUT2D eigenvalue weighted by atomic mass is 9.53. The molecule has 0 amide bonds. The Morgan fingerprint density at radius 2 is 1.47 bits per heavy atom. The van der Waals surface area contributed by atoms with Gasteiger partial charge in [0, 0.05) is 6.04 Å². The zero-order valence-corrected chi connectivity index (χ0v) is 12.5. The minimum atomic E-state index is 0.943. The minimum Gasteiger partial charge on any atom is -0.319 e. The molecule has 0 atom stereocenters. The fourth-order valence-corrected chi connectivity index (χ4v) is 6.24. The van der Waals surface area contributed by atoms with Crippen LogP contribution < -0.4 is 5.32 Å². The number of likely N-dealkylation sites (tertiary alicyclic amines) is 1. The maximum Gasteiger partial charge on any atom is 0.0152 e. The van der Waals surface area contributed by atoms with Gasteiger partial charge in [-0.1, -0.05) is 0 Å². The van der Waals surface area contributed by atoms with E-state index in [9.17, 15) is 0 Å². The fraction of sp³-hybridized carbons (Fsp3) is 1.00. The van der Waals surface area contributed by atoms with Crippen LogP contribution in [0.1, 0.15) is 44.9 Å². The van der Waals surface area contributed by atoms with Gasteiger partial charge in [0.1, 0.15) is 0 Å². The molecule has 1 heterocycles. The monoisotopic (exact) mass is 262 g/mol. The van der Waals surface area contributed by atoms with E-state index in [0.29, 0.717) is 0 Å². The van der Waals surface area contributed by atoms with Crippen molar-refractivity contribution in [2.45, 2.75) is 51.0 Å². The van der Waals surface area contributed by atoms with E-state index in [1.54, 1.807) is 32.1 Å². The topological polar surface area (TPSA) is 15.3 Å². The minimum absolute atomic E-state index is 0.943. The van der Waals surface area contributed by atoms with Crippen molar-refractivity contribution in [3.05, 3.63) is 0 Å². The van der Waals surface area contributed by atoms with Crippen LogP contribution in [0.5, 0.6) is 0 Å². The highest BCUT2D eigenvalue weighted by molar-refractivity contribution is 5.02. The highest BCUT2D eigenvalue weighted by Gasteiger charge is 2.50. The van der Waals surface area contributed by atoms with Crippen LogP contribution >= 0.6 is 0 Å². The average Bonchev–Trinajstić information content (AvgIpc) is 2.40. The van der Waals surface area contributed by atoms with Crippen molar-refractivity contribution in [1.82, 2.24) is 10.2 Å². The van der Waals surface area contributed by atoms with Crippen LogP contribution in [0, 0.1) is 29.6 Å². The Bertz CT molecular complexity index is 291. The summed E-state index contributed by atoms with van der Waals surface area (Å²) in [5.41, 5.74) is 0. The van der Waals surface area contributed by atoms with Crippen LogP contribution in [0.3, 0.4) is 0 Å². The van der Waals surface area contributed by atoms with Crippen molar-refractivity contribution in [1.29, 1.82) is 0 Å². The number of hydrogen-bond donors (Lipinski definition) is 1. The van der Waals surface area contributed by atoms with Crippen LogP contribution in [-0.4, -0.2) is 37.6 Å². The second kappa shape index (κ2) is 5.04. The molecule has 108 valence electrons. The predicted molar refractivity (Wildman–Crippen MR) is 79.1 cm³/mol. The van der Waals surface area contributed by atoms with Gasteiger partial charge in [-0.25, -0.2) is 0 Å². The third-order valence-corrected chi connectivity index (χ3v) is 6.74. The van der Waals surface area contributed by atoms with E-state index in [4.69, 9.17) is 0 Å². The Kier molecular flexibility index (Phi) is 3.35. The molecule has 0 spiro atoms. The zero-order valence-electron chi connectivity index (χ0n) is 12.5. The third-order valence-electron chi connectivity index (χ3n) is 6.74. The summed E-state index contributed by atoms with van der Waals surface area (Å²) in [6.07, 6.45) is 10.8. The van der Waals surface area contributed by atoms with Crippen molar-refractivity contribution >= 4 is 0 Å². The lowest BCUT2D eigenvalue weighted by Gasteiger charge is -2.58. The molecule has 1 saturated heterocycles. The molecule has 1 aliphatic heterocycles. The number of nitrogens with one attached hydrogen (secondary N) is 1. The van der Waals surface area contributed by atoms with E-state index in [2.05, 4.69) is 17.3 Å². The maximum absolute atomic E-state index is 3.36. The quantitative estimate of drug-likeness (QED) is 0.841. The maximum atomic E-state index is 3.36. The van der Waals surface area contributed by atoms with Gasteiger partial charge >= 0.3 is 0 Å². The van der Waals surface area contributed by atoms with E-state index < -0.39 is 0 Å². The fourth-order valence-electron chi connectivity index (χ4n) is 6.24. The van der Waals surface area contributed by atoms with Crippen molar-refractivity contribution in [2.75, 3.05) is 26.7 Å². The molecule has 0 aromatic rings. The molecule has 0 unspecified atom stereocenters. The zero-order chi connectivity index (χ0) is 12.8. The van der Waals surface area contributed by atoms with Gasteiger partial charge in [0.15, 0.2) is 0 Å². The molecular formula is C17H30N2. The number of nitrogens with zero attached hydrogens (tertiary/aromatic N) is 1. The summed E-state index contributed by atoms with van der Waals surface area (Å²) in [4.78, 5) is 2.92. The molecular weight excluding hydrogens is 232 g/mol. The molecule has 4 bridgehead atoms. The van der Waals surface area contributed by atoms with Gasteiger partial charge in [0.2, 0.25) is 0 Å². The number of rotatable bonds is 3. The highest BCUT2D eigenvalue weighted by atomic mass is 15.2. The summed E-state index contributed by atoms with van der Waals surface area (Å²) in [7, 11) is 2.10. The molecule has 5 aliphatic rings.